The van der Waals surface area contributed by atoms with E-state index in [1.54, 1.807) is 6.20 Å². The summed E-state index contributed by atoms with van der Waals surface area (Å²) in [6.07, 6.45) is 10.0. The number of amides is 1. The predicted molar refractivity (Wildman–Crippen MR) is 94.8 cm³/mol. The fourth-order valence-corrected chi connectivity index (χ4v) is 2.78. The Hall–Kier alpha value is -2.33. The minimum absolute atomic E-state index is 0.0717. The molecule has 0 unspecified atom stereocenters. The summed E-state index contributed by atoms with van der Waals surface area (Å²) in [5.74, 6) is -0.0717. The van der Waals surface area contributed by atoms with Gasteiger partial charge >= 0.3 is 0 Å². The van der Waals surface area contributed by atoms with Crippen LogP contribution in [0, 0.1) is 0 Å². The maximum atomic E-state index is 11.1. The molecule has 1 heterocycles. The van der Waals surface area contributed by atoms with E-state index in [2.05, 4.69) is 33.9 Å². The molecule has 1 amide bonds. The third-order valence-electron chi connectivity index (χ3n) is 3.73. The number of halogens is 1. The van der Waals surface area contributed by atoms with Crippen molar-refractivity contribution in [1.82, 2.24) is 5.32 Å². The molecule has 2 aliphatic rings. The normalized spacial score (nSPS) is 16.3. The Morgan fingerprint density at radius 3 is 3.04 bits per heavy atom. The van der Waals surface area contributed by atoms with Crippen LogP contribution in [-0.4, -0.2) is 18.2 Å². The Balaban J connectivity index is 2.01. The summed E-state index contributed by atoms with van der Waals surface area (Å²) in [6.45, 7) is 1.91. The van der Waals surface area contributed by atoms with Crippen LogP contribution in [0.3, 0.4) is 0 Å². The summed E-state index contributed by atoms with van der Waals surface area (Å²) >= 11 is 6.18. The van der Waals surface area contributed by atoms with Gasteiger partial charge in [-0.3, -0.25) is 9.79 Å². The molecule has 0 bridgehead atoms. The van der Waals surface area contributed by atoms with Crippen molar-refractivity contribution < 1.29 is 4.79 Å². The fraction of sp³-hybridized carbons (Fsp3) is 0.222. The van der Waals surface area contributed by atoms with Crippen molar-refractivity contribution in [3.05, 3.63) is 64.5 Å². The molecule has 118 valence electrons. The van der Waals surface area contributed by atoms with E-state index < -0.39 is 0 Å². The molecule has 1 aliphatic carbocycles. The van der Waals surface area contributed by atoms with Crippen LogP contribution >= 0.6 is 11.6 Å². The average molecular weight is 328 g/mol. The lowest BCUT2D eigenvalue weighted by Gasteiger charge is -2.15. The second-order valence-corrected chi connectivity index (χ2v) is 5.95. The molecule has 3 rings (SSSR count). The minimum Gasteiger partial charge on any atom is -0.356 e. The predicted octanol–water partition coefficient (Wildman–Crippen LogP) is 3.81. The van der Waals surface area contributed by atoms with Crippen LogP contribution in [0.2, 0.25) is 5.02 Å². The molecule has 1 aromatic rings. The quantitative estimate of drug-likeness (QED) is 0.887. The van der Waals surface area contributed by atoms with E-state index in [0.29, 0.717) is 11.6 Å². The number of aliphatic imine (C=N–C) groups is 1. The molecule has 1 aliphatic heterocycles. The van der Waals surface area contributed by atoms with E-state index >= 15 is 0 Å². The number of carbonyl (C=O) groups excluding carboxylic acids is 1. The lowest BCUT2D eigenvalue weighted by Crippen LogP contribution is -2.24. The first-order chi connectivity index (χ1) is 11.1. The van der Waals surface area contributed by atoms with Crippen molar-refractivity contribution in [3.8, 4) is 0 Å². The van der Waals surface area contributed by atoms with E-state index in [-0.39, 0.29) is 5.91 Å². The van der Waals surface area contributed by atoms with Crippen molar-refractivity contribution in [1.29, 1.82) is 0 Å². The Morgan fingerprint density at radius 2 is 2.30 bits per heavy atom. The van der Waals surface area contributed by atoms with Crippen molar-refractivity contribution in [2.45, 2.75) is 19.8 Å². The van der Waals surface area contributed by atoms with Gasteiger partial charge in [-0.25, -0.2) is 0 Å². The van der Waals surface area contributed by atoms with Crippen molar-refractivity contribution in [3.63, 3.8) is 0 Å². The zero-order valence-corrected chi connectivity index (χ0v) is 13.7. The van der Waals surface area contributed by atoms with E-state index in [1.165, 1.54) is 12.5 Å². The second-order valence-electron chi connectivity index (χ2n) is 5.52. The van der Waals surface area contributed by atoms with Gasteiger partial charge < -0.3 is 10.6 Å². The first-order valence-electron chi connectivity index (χ1n) is 7.58. The number of allylic oxidation sites excluding steroid dienone is 4. The first kappa shape index (κ1) is 15.6. The maximum absolute atomic E-state index is 11.1. The highest BCUT2D eigenvalue weighted by atomic mass is 35.5. The van der Waals surface area contributed by atoms with Crippen LogP contribution in [0.15, 0.2) is 58.9 Å². The second kappa shape index (κ2) is 6.84. The van der Waals surface area contributed by atoms with Gasteiger partial charge in [0.1, 0.15) is 0 Å². The van der Waals surface area contributed by atoms with Gasteiger partial charge in [0.05, 0.1) is 18.0 Å². The third kappa shape index (κ3) is 3.71. The smallest absolute Gasteiger partial charge is 0.217 e. The van der Waals surface area contributed by atoms with Gasteiger partial charge in [-0.2, -0.15) is 0 Å². The Kier molecular flexibility index (Phi) is 4.63. The van der Waals surface area contributed by atoms with Crippen LogP contribution in [0.4, 0.5) is 5.69 Å². The van der Waals surface area contributed by atoms with Gasteiger partial charge in [0.15, 0.2) is 0 Å². The fourth-order valence-electron chi connectivity index (χ4n) is 2.60. The number of nitrogens with zero attached hydrogens (tertiary/aromatic N) is 1. The minimum atomic E-state index is -0.0717. The number of nitrogens with one attached hydrogen (secondary N) is 2. The maximum Gasteiger partial charge on any atom is 0.217 e. The molecule has 5 heteroatoms. The summed E-state index contributed by atoms with van der Waals surface area (Å²) in [4.78, 5) is 15.8. The van der Waals surface area contributed by atoms with E-state index in [1.807, 2.05) is 18.2 Å². The molecule has 0 fully saturated rings. The van der Waals surface area contributed by atoms with Crippen LogP contribution in [0.25, 0.3) is 0 Å². The van der Waals surface area contributed by atoms with Gasteiger partial charge in [0, 0.05) is 29.4 Å². The zero-order chi connectivity index (χ0) is 16.2. The highest BCUT2D eigenvalue weighted by molar-refractivity contribution is 6.31. The topological polar surface area (TPSA) is 53.5 Å². The number of hydrogen-bond acceptors (Lipinski definition) is 3. The summed E-state index contributed by atoms with van der Waals surface area (Å²) in [6, 6.07) is 5.72. The molecular weight excluding hydrogens is 310 g/mol. The molecule has 0 radical (unpaired) electrons. The van der Waals surface area contributed by atoms with Gasteiger partial charge in [-0.05, 0) is 36.6 Å². The van der Waals surface area contributed by atoms with Crippen molar-refractivity contribution >= 4 is 28.9 Å². The van der Waals surface area contributed by atoms with Crippen LogP contribution in [-0.2, 0) is 4.79 Å². The number of anilines is 1. The Labute approximate surface area is 140 Å². The van der Waals surface area contributed by atoms with Crippen LogP contribution in [0.5, 0.6) is 0 Å². The van der Waals surface area contributed by atoms with Gasteiger partial charge in [0.2, 0.25) is 5.91 Å². The molecular formula is C18H18ClN3O. The van der Waals surface area contributed by atoms with Gasteiger partial charge in [0.25, 0.3) is 0 Å². The number of fused-ring (bicyclic) bond motifs is 1. The molecule has 0 saturated heterocycles. The number of rotatable bonds is 3. The number of hydrogen-bond donors (Lipinski definition) is 2. The monoisotopic (exact) mass is 327 g/mol. The molecule has 4 nitrogen and oxygen atoms in total. The molecule has 0 aromatic heterocycles. The third-order valence-corrected chi connectivity index (χ3v) is 3.96. The van der Waals surface area contributed by atoms with Crippen molar-refractivity contribution in [2.24, 2.45) is 4.99 Å². The zero-order valence-electron chi connectivity index (χ0n) is 12.9. The van der Waals surface area contributed by atoms with Gasteiger partial charge in [-0.15, -0.1) is 0 Å². The molecule has 23 heavy (non-hydrogen) atoms. The molecule has 0 atom stereocenters. The SMILES string of the molecule is CC(=O)NCC1=CN=C(C2=CC=CCC2)c2cc(Cl)ccc2N1. The molecule has 1 aromatic carbocycles. The summed E-state index contributed by atoms with van der Waals surface area (Å²) < 4.78 is 0. The van der Waals surface area contributed by atoms with Gasteiger partial charge in [-0.1, -0.05) is 29.8 Å². The van der Waals surface area contributed by atoms with Crippen molar-refractivity contribution in [2.75, 3.05) is 11.9 Å². The standard InChI is InChI=1S/C18H18ClN3O/c1-12(23)20-10-15-11-21-18(13-5-3-2-4-6-13)16-9-14(19)7-8-17(16)22-15/h2-3,5,7-9,11,22H,4,6,10H2,1H3,(H,20,23). The lowest BCUT2D eigenvalue weighted by molar-refractivity contribution is -0.118. The molecule has 2 N–H and O–H groups in total. The highest BCUT2D eigenvalue weighted by Crippen LogP contribution is 2.29. The van der Waals surface area contributed by atoms with E-state index in [0.717, 1.165) is 35.5 Å². The van der Waals surface area contributed by atoms with E-state index in [9.17, 15) is 4.79 Å². The summed E-state index contributed by atoms with van der Waals surface area (Å²) in [5, 5.41) is 6.80. The Bertz CT molecular complexity index is 760. The van der Waals surface area contributed by atoms with Crippen LogP contribution < -0.4 is 10.6 Å². The molecule has 0 saturated carbocycles. The number of carbonyl (C=O) groups is 1. The summed E-state index contributed by atoms with van der Waals surface area (Å²) in [5.41, 5.74) is 4.88. The van der Waals surface area contributed by atoms with Crippen LogP contribution in [0.1, 0.15) is 25.3 Å². The first-order valence-corrected chi connectivity index (χ1v) is 7.95. The average Bonchev–Trinajstić information content (AvgIpc) is 2.73. The number of benzene rings is 1. The molecule has 0 spiro atoms. The Morgan fingerprint density at radius 1 is 1.43 bits per heavy atom. The largest absolute Gasteiger partial charge is 0.356 e. The lowest BCUT2D eigenvalue weighted by atomic mass is 9.94. The highest BCUT2D eigenvalue weighted by Gasteiger charge is 2.18. The van der Waals surface area contributed by atoms with E-state index in [4.69, 9.17) is 11.6 Å². The summed E-state index contributed by atoms with van der Waals surface area (Å²) in [7, 11) is 0.